The fourth-order valence-corrected chi connectivity index (χ4v) is 5.30. The van der Waals surface area contributed by atoms with Crippen LogP contribution in [0.2, 0.25) is 0 Å². The fourth-order valence-electron chi connectivity index (χ4n) is 5.30. The van der Waals surface area contributed by atoms with Crippen molar-refractivity contribution in [1.29, 1.82) is 5.26 Å². The second kappa shape index (κ2) is 9.46. The Hall–Kier alpha value is -3.19. The highest BCUT2D eigenvalue weighted by Crippen LogP contribution is 2.47. The summed E-state index contributed by atoms with van der Waals surface area (Å²) in [7, 11) is 1.56. The first-order chi connectivity index (χ1) is 16.6. The average molecular weight is 493 g/mol. The summed E-state index contributed by atoms with van der Waals surface area (Å²) < 4.78 is 74.1. The van der Waals surface area contributed by atoms with Gasteiger partial charge in [0.15, 0.2) is 0 Å². The lowest BCUT2D eigenvalue weighted by molar-refractivity contribution is -0.137. The molecule has 4 rings (SSSR count). The third kappa shape index (κ3) is 4.69. The van der Waals surface area contributed by atoms with Crippen LogP contribution in [-0.4, -0.2) is 50.7 Å². The number of halogens is 5. The summed E-state index contributed by atoms with van der Waals surface area (Å²) in [5, 5.41) is 9.08. The van der Waals surface area contributed by atoms with Crippen LogP contribution in [-0.2, 0) is 10.9 Å². The monoisotopic (exact) mass is 493 g/mol. The minimum atomic E-state index is -4.65. The molecule has 1 amide bonds. The van der Waals surface area contributed by atoms with Crippen molar-refractivity contribution in [3.63, 3.8) is 0 Å². The average Bonchev–Trinajstić information content (AvgIpc) is 3.16. The highest BCUT2D eigenvalue weighted by atomic mass is 19.4. The lowest BCUT2D eigenvalue weighted by atomic mass is 9.71. The van der Waals surface area contributed by atoms with E-state index < -0.39 is 40.4 Å². The lowest BCUT2D eigenvalue weighted by Gasteiger charge is -2.42. The maximum absolute atomic E-state index is 14.1. The van der Waals surface area contributed by atoms with Crippen molar-refractivity contribution in [1.82, 2.24) is 4.90 Å². The number of hydrogen-bond acceptors (Lipinski definition) is 4. The number of amides is 1. The first-order valence-corrected chi connectivity index (χ1v) is 11.2. The van der Waals surface area contributed by atoms with Crippen LogP contribution in [0.4, 0.5) is 27.6 Å². The maximum atomic E-state index is 14.1. The summed E-state index contributed by atoms with van der Waals surface area (Å²) >= 11 is 0. The van der Waals surface area contributed by atoms with Gasteiger partial charge in [0.25, 0.3) is 5.91 Å². The molecule has 0 bridgehead atoms. The zero-order valence-corrected chi connectivity index (χ0v) is 19.0. The van der Waals surface area contributed by atoms with E-state index in [4.69, 9.17) is 10.00 Å². The zero-order valence-electron chi connectivity index (χ0n) is 19.0. The number of alkyl halides is 3. The molecule has 10 heteroatoms. The van der Waals surface area contributed by atoms with Crippen LogP contribution in [0.15, 0.2) is 36.4 Å². The molecule has 2 aliphatic heterocycles. The predicted molar refractivity (Wildman–Crippen MR) is 118 cm³/mol. The van der Waals surface area contributed by atoms with Gasteiger partial charge in [-0.2, -0.15) is 18.4 Å². The summed E-state index contributed by atoms with van der Waals surface area (Å²) in [6, 6.07) is 8.56. The SMILES string of the molecule is COCC1CN(c2ccc(C#N)c(C(F)(F)F)c2)CC12CCN(C(=O)c1c(F)cccc1F)CC2. The molecular formula is C25H24F5N3O2. The largest absolute Gasteiger partial charge is 0.417 e. The van der Waals surface area contributed by atoms with Crippen molar-refractivity contribution < 1.29 is 31.5 Å². The van der Waals surface area contributed by atoms with E-state index in [2.05, 4.69) is 0 Å². The van der Waals surface area contributed by atoms with Gasteiger partial charge in [0.2, 0.25) is 0 Å². The number of anilines is 1. The molecule has 2 saturated heterocycles. The van der Waals surface area contributed by atoms with E-state index in [1.807, 2.05) is 4.90 Å². The summed E-state index contributed by atoms with van der Waals surface area (Å²) in [6.45, 7) is 1.81. The minimum absolute atomic E-state index is 0.0140. The molecule has 0 N–H and O–H groups in total. The normalized spacial score (nSPS) is 19.7. The van der Waals surface area contributed by atoms with Gasteiger partial charge in [0, 0.05) is 44.9 Å². The molecule has 2 aromatic carbocycles. The Morgan fingerprint density at radius 2 is 1.83 bits per heavy atom. The Morgan fingerprint density at radius 1 is 1.17 bits per heavy atom. The molecule has 35 heavy (non-hydrogen) atoms. The Morgan fingerprint density at radius 3 is 2.40 bits per heavy atom. The number of carbonyl (C=O) groups is 1. The quantitative estimate of drug-likeness (QED) is 0.571. The molecule has 2 aromatic rings. The molecule has 186 valence electrons. The van der Waals surface area contributed by atoms with Crippen LogP contribution in [0.25, 0.3) is 0 Å². The second-order valence-electron chi connectivity index (χ2n) is 9.12. The third-order valence-corrected chi connectivity index (χ3v) is 7.20. The van der Waals surface area contributed by atoms with Crippen LogP contribution in [0.3, 0.4) is 0 Å². The molecular weight excluding hydrogens is 469 g/mol. The van der Waals surface area contributed by atoms with Crippen LogP contribution >= 0.6 is 0 Å². The first-order valence-electron chi connectivity index (χ1n) is 11.2. The fraction of sp³-hybridized carbons (Fsp3) is 0.440. The number of rotatable bonds is 4. The van der Waals surface area contributed by atoms with Crippen molar-refractivity contribution >= 4 is 11.6 Å². The second-order valence-corrected chi connectivity index (χ2v) is 9.12. The molecule has 0 aliphatic carbocycles. The maximum Gasteiger partial charge on any atom is 0.417 e. The number of nitrogens with zero attached hydrogens (tertiary/aromatic N) is 3. The van der Waals surface area contributed by atoms with Gasteiger partial charge in [0.05, 0.1) is 23.8 Å². The Balaban J connectivity index is 1.55. The number of methoxy groups -OCH3 is 1. The van der Waals surface area contributed by atoms with Crippen molar-refractivity contribution in [3.05, 3.63) is 64.7 Å². The summed E-state index contributed by atoms with van der Waals surface area (Å²) in [5.41, 5.74) is -1.97. The molecule has 1 unspecified atom stereocenters. The van der Waals surface area contributed by atoms with Crippen LogP contribution in [0.5, 0.6) is 0 Å². The first kappa shape index (κ1) is 24.9. The van der Waals surface area contributed by atoms with Gasteiger partial charge in [-0.15, -0.1) is 0 Å². The van der Waals surface area contributed by atoms with E-state index in [0.717, 1.165) is 18.2 Å². The predicted octanol–water partition coefficient (Wildman–Crippen LogP) is 4.86. The Labute approximate surface area is 199 Å². The topological polar surface area (TPSA) is 56.6 Å². The number of ether oxygens (including phenoxy) is 1. The van der Waals surface area contributed by atoms with Gasteiger partial charge in [-0.25, -0.2) is 8.78 Å². The highest BCUT2D eigenvalue weighted by Gasteiger charge is 2.49. The Bertz CT molecular complexity index is 1130. The molecule has 0 saturated carbocycles. The van der Waals surface area contributed by atoms with Gasteiger partial charge in [0.1, 0.15) is 17.2 Å². The molecule has 2 aliphatic rings. The standard InChI is InChI=1S/C25H24F5N3O2/c1-35-14-17-13-33(18-6-5-16(12-31)19(11-18)25(28,29)30)15-24(17)7-9-32(10-8-24)23(34)22-20(26)3-2-4-21(22)27/h2-6,11,17H,7-10,13-15H2,1H3. The summed E-state index contributed by atoms with van der Waals surface area (Å²) in [6.07, 6.45) is -3.62. The van der Waals surface area contributed by atoms with Crippen molar-refractivity contribution in [2.24, 2.45) is 11.3 Å². The van der Waals surface area contributed by atoms with Crippen molar-refractivity contribution in [2.45, 2.75) is 19.0 Å². The van der Waals surface area contributed by atoms with E-state index in [1.165, 1.54) is 23.1 Å². The van der Waals surface area contributed by atoms with Gasteiger partial charge in [-0.1, -0.05) is 6.07 Å². The number of piperidine rings is 1. The Kier molecular flexibility index (Phi) is 6.73. The van der Waals surface area contributed by atoms with E-state index in [0.29, 0.717) is 38.2 Å². The van der Waals surface area contributed by atoms with E-state index >= 15 is 0 Å². The van der Waals surface area contributed by atoms with Gasteiger partial charge >= 0.3 is 6.18 Å². The van der Waals surface area contributed by atoms with Gasteiger partial charge < -0.3 is 14.5 Å². The molecule has 2 fully saturated rings. The third-order valence-electron chi connectivity index (χ3n) is 7.20. The zero-order chi connectivity index (χ0) is 25.4. The van der Waals surface area contributed by atoms with Crippen LogP contribution in [0, 0.1) is 34.3 Å². The van der Waals surface area contributed by atoms with E-state index in [1.54, 1.807) is 13.2 Å². The summed E-state index contributed by atoms with van der Waals surface area (Å²) in [5.74, 6) is -2.56. The molecule has 1 atom stereocenters. The molecule has 0 aromatic heterocycles. The number of benzene rings is 2. The minimum Gasteiger partial charge on any atom is -0.384 e. The van der Waals surface area contributed by atoms with Crippen molar-refractivity contribution in [3.8, 4) is 6.07 Å². The summed E-state index contributed by atoms with van der Waals surface area (Å²) in [4.78, 5) is 16.1. The molecule has 1 spiro atoms. The van der Waals surface area contributed by atoms with Crippen LogP contribution in [0.1, 0.15) is 34.3 Å². The van der Waals surface area contributed by atoms with Crippen molar-refractivity contribution in [2.75, 3.05) is 44.8 Å². The van der Waals surface area contributed by atoms with Gasteiger partial charge in [-0.3, -0.25) is 4.79 Å². The molecule has 2 heterocycles. The molecule has 0 radical (unpaired) electrons. The number of likely N-dealkylation sites (tertiary alicyclic amines) is 1. The lowest BCUT2D eigenvalue weighted by Crippen LogP contribution is -2.47. The number of carbonyl (C=O) groups excluding carboxylic acids is 1. The highest BCUT2D eigenvalue weighted by molar-refractivity contribution is 5.94. The van der Waals surface area contributed by atoms with E-state index in [9.17, 15) is 26.7 Å². The van der Waals surface area contributed by atoms with E-state index in [-0.39, 0.29) is 24.4 Å². The van der Waals surface area contributed by atoms with Gasteiger partial charge in [-0.05, 0) is 48.6 Å². The smallest absolute Gasteiger partial charge is 0.384 e. The van der Waals surface area contributed by atoms with Crippen LogP contribution < -0.4 is 4.90 Å². The number of hydrogen-bond donors (Lipinski definition) is 0. The molecule has 5 nitrogen and oxygen atoms in total. The number of nitriles is 1.